The Morgan fingerprint density at radius 2 is 0.943 bits per heavy atom. The fourth-order valence-corrected chi connectivity index (χ4v) is 11.4. The lowest BCUT2D eigenvalue weighted by molar-refractivity contribution is 0.592. The molecule has 0 amide bonds. The summed E-state index contributed by atoms with van der Waals surface area (Å²) in [6.07, 6.45) is 0. The third-order valence-corrected chi connectivity index (χ3v) is 14.1. The predicted octanol–water partition coefficient (Wildman–Crippen LogP) is 11.1. The lowest BCUT2D eigenvalue weighted by atomic mass is 9.67. The highest BCUT2D eigenvalue weighted by Gasteiger charge is 2.46. The van der Waals surface area contributed by atoms with Crippen LogP contribution in [0.4, 0.5) is 0 Å². The quantitative estimate of drug-likeness (QED) is 0.128. The summed E-state index contributed by atoms with van der Waals surface area (Å²) in [4.78, 5) is 5.42. The molecule has 53 heavy (non-hydrogen) atoms. The average Bonchev–Trinajstić information content (AvgIpc) is 3.53. The Morgan fingerprint density at radius 1 is 0.396 bits per heavy atom. The summed E-state index contributed by atoms with van der Waals surface area (Å²) in [6.45, 7) is 0. The van der Waals surface area contributed by atoms with Crippen molar-refractivity contribution in [2.24, 2.45) is 0 Å². The Bertz CT molecular complexity index is 2770. The van der Waals surface area contributed by atoms with Crippen LogP contribution in [-0.4, -0.2) is 4.98 Å². The van der Waals surface area contributed by atoms with Crippen LogP contribution in [0, 0.1) is 0 Å². The van der Waals surface area contributed by atoms with Crippen LogP contribution in [0.3, 0.4) is 0 Å². The van der Waals surface area contributed by atoms with E-state index < -0.39 is 12.6 Å². The number of fused-ring (bicyclic) bond motifs is 6. The smallest absolute Gasteiger partial charge is 0.171 e. The second-order valence-electron chi connectivity index (χ2n) is 13.8. The molecule has 0 spiro atoms. The Kier molecular flexibility index (Phi) is 7.35. The van der Waals surface area contributed by atoms with Crippen molar-refractivity contribution in [3.63, 3.8) is 0 Å². The molecule has 2 nitrogen and oxygen atoms in total. The molecule has 3 heteroatoms. The normalized spacial score (nSPS) is 13.1. The van der Waals surface area contributed by atoms with E-state index in [0.29, 0.717) is 0 Å². The molecule has 10 rings (SSSR count). The first-order valence-corrected chi connectivity index (χ1v) is 19.8. The number of nitrogens with zero attached hydrogens (tertiary/aromatic N) is 1. The zero-order chi connectivity index (χ0) is 35.4. The first kappa shape index (κ1) is 31.4. The van der Waals surface area contributed by atoms with Crippen LogP contribution in [0.1, 0.15) is 22.3 Å². The minimum Gasteiger partial charge on any atom is -0.309 e. The van der Waals surface area contributed by atoms with Gasteiger partial charge in [-0.1, -0.05) is 182 Å². The van der Waals surface area contributed by atoms with Gasteiger partial charge in [0.15, 0.2) is 7.14 Å². The Morgan fingerprint density at radius 3 is 1.60 bits per heavy atom. The van der Waals surface area contributed by atoms with E-state index >= 15 is 4.57 Å². The highest BCUT2D eigenvalue weighted by molar-refractivity contribution is 7.85. The fraction of sp³-hybridized carbons (Fsp3) is 0.0200. The molecule has 1 aliphatic rings. The van der Waals surface area contributed by atoms with E-state index in [1.54, 1.807) is 0 Å². The second kappa shape index (κ2) is 12.4. The molecule has 0 N–H and O–H groups in total. The third-order valence-electron chi connectivity index (χ3n) is 11.0. The van der Waals surface area contributed by atoms with Gasteiger partial charge < -0.3 is 4.57 Å². The van der Waals surface area contributed by atoms with Crippen LogP contribution < -0.4 is 15.9 Å². The van der Waals surface area contributed by atoms with Gasteiger partial charge in [0, 0.05) is 32.2 Å². The van der Waals surface area contributed by atoms with Crippen molar-refractivity contribution >= 4 is 44.7 Å². The van der Waals surface area contributed by atoms with E-state index in [1.165, 1.54) is 33.4 Å². The average molecular weight is 696 g/mol. The topological polar surface area (TPSA) is 30.0 Å². The molecule has 0 fully saturated rings. The number of benzene rings is 8. The predicted molar refractivity (Wildman–Crippen MR) is 221 cm³/mol. The van der Waals surface area contributed by atoms with Crippen molar-refractivity contribution in [1.29, 1.82) is 0 Å². The highest BCUT2D eigenvalue weighted by Crippen LogP contribution is 2.57. The maximum Gasteiger partial charge on any atom is 0.171 e. The molecule has 8 aromatic carbocycles. The van der Waals surface area contributed by atoms with Gasteiger partial charge in [-0.05, 0) is 63.0 Å². The molecule has 250 valence electrons. The van der Waals surface area contributed by atoms with Gasteiger partial charge in [0.2, 0.25) is 0 Å². The zero-order valence-electron chi connectivity index (χ0n) is 28.9. The van der Waals surface area contributed by atoms with Gasteiger partial charge in [-0.15, -0.1) is 0 Å². The lowest BCUT2D eigenvalue weighted by Crippen LogP contribution is -2.28. The maximum atomic E-state index is 15.5. The summed E-state index contributed by atoms with van der Waals surface area (Å²) in [5.41, 5.74) is 9.63. The largest absolute Gasteiger partial charge is 0.309 e. The first-order valence-electron chi connectivity index (χ1n) is 18.1. The van der Waals surface area contributed by atoms with Gasteiger partial charge in [-0.2, -0.15) is 0 Å². The number of para-hydroxylation sites is 1. The van der Waals surface area contributed by atoms with E-state index in [-0.39, 0.29) is 0 Å². The molecule has 1 aliphatic carbocycles. The molecule has 0 bridgehead atoms. The van der Waals surface area contributed by atoms with E-state index in [0.717, 1.165) is 48.8 Å². The van der Waals surface area contributed by atoms with Crippen molar-refractivity contribution in [3.05, 3.63) is 229 Å². The van der Waals surface area contributed by atoms with Gasteiger partial charge in [0.1, 0.15) is 0 Å². The number of rotatable bonds is 6. The van der Waals surface area contributed by atoms with Crippen molar-refractivity contribution in [3.8, 4) is 22.4 Å². The molecular weight excluding hydrogens is 662 g/mol. The van der Waals surface area contributed by atoms with Gasteiger partial charge in [0.25, 0.3) is 0 Å². The monoisotopic (exact) mass is 695 g/mol. The number of hydrogen-bond acceptors (Lipinski definition) is 2. The van der Waals surface area contributed by atoms with Crippen molar-refractivity contribution in [1.82, 2.24) is 4.98 Å². The molecule has 0 radical (unpaired) electrons. The highest BCUT2D eigenvalue weighted by atomic mass is 31.2. The summed E-state index contributed by atoms with van der Waals surface area (Å²) in [7, 11) is -3.21. The summed E-state index contributed by atoms with van der Waals surface area (Å²) in [5, 5.41) is 5.73. The van der Waals surface area contributed by atoms with Crippen LogP contribution in [0.2, 0.25) is 0 Å². The van der Waals surface area contributed by atoms with Gasteiger partial charge >= 0.3 is 0 Å². The van der Waals surface area contributed by atoms with Crippen molar-refractivity contribution in [2.75, 3.05) is 0 Å². The van der Waals surface area contributed by atoms with Crippen molar-refractivity contribution < 1.29 is 4.57 Å². The van der Waals surface area contributed by atoms with Crippen molar-refractivity contribution in [2.45, 2.75) is 5.41 Å². The Hall–Kier alpha value is -6.34. The lowest BCUT2D eigenvalue weighted by Gasteiger charge is -2.34. The van der Waals surface area contributed by atoms with Crippen LogP contribution in [0.25, 0.3) is 44.1 Å². The van der Waals surface area contributed by atoms with E-state index in [4.69, 9.17) is 4.98 Å². The Balaban J connectivity index is 1.30. The molecule has 0 saturated heterocycles. The first-order chi connectivity index (χ1) is 26.2. The third kappa shape index (κ3) is 4.73. The van der Waals surface area contributed by atoms with Gasteiger partial charge in [-0.3, -0.25) is 0 Å². The Labute approximate surface area is 309 Å². The fourth-order valence-electron chi connectivity index (χ4n) is 8.68. The zero-order valence-corrected chi connectivity index (χ0v) is 29.8. The van der Waals surface area contributed by atoms with Crippen LogP contribution >= 0.6 is 7.14 Å². The number of pyridine rings is 1. The van der Waals surface area contributed by atoms with Crippen LogP contribution in [0.5, 0.6) is 0 Å². The molecule has 9 aromatic rings. The molecule has 0 unspecified atom stereocenters. The number of hydrogen-bond donors (Lipinski definition) is 0. The van der Waals surface area contributed by atoms with Crippen LogP contribution in [-0.2, 0) is 9.98 Å². The molecule has 0 aliphatic heterocycles. The van der Waals surface area contributed by atoms with E-state index in [9.17, 15) is 0 Å². The van der Waals surface area contributed by atoms with Gasteiger partial charge in [-0.25, -0.2) is 4.98 Å². The minimum absolute atomic E-state index is 0.538. The summed E-state index contributed by atoms with van der Waals surface area (Å²) in [5.74, 6) is 0. The van der Waals surface area contributed by atoms with Gasteiger partial charge in [0.05, 0.1) is 16.6 Å². The van der Waals surface area contributed by atoms with E-state index in [2.05, 4.69) is 133 Å². The second-order valence-corrected chi connectivity index (χ2v) is 16.5. The summed E-state index contributed by atoms with van der Waals surface area (Å²) >= 11 is 0. The SMILES string of the molecule is O=P(c1ccccc1)(c1ccccc1)c1cccc(-c2nc3ccccc3c3cc4c(cc23)C(c2ccccc2)(c2ccccc2)c2ccccc2-4)c1. The summed E-state index contributed by atoms with van der Waals surface area (Å²) in [6, 6.07) is 71.9. The van der Waals surface area contributed by atoms with E-state index in [1.807, 2.05) is 72.8 Å². The van der Waals surface area contributed by atoms with Crippen LogP contribution in [0.15, 0.2) is 206 Å². The molecule has 1 heterocycles. The molecular formula is C50H34NOP. The maximum absolute atomic E-state index is 15.5. The molecule has 0 atom stereocenters. The molecule has 0 saturated carbocycles. The standard InChI is InChI=1S/C50H34NOP/c52-53(38-23-9-3-10-24-38,39-25-11-4-12-26-39)40-27-17-18-35(32-40)49-45-34-47-44(33-43(45)42-29-14-16-31-48(42)51-49)41-28-13-15-30-46(41)50(47,36-19-5-1-6-20-36)37-21-7-2-8-22-37/h1-34H. The summed E-state index contributed by atoms with van der Waals surface area (Å²) < 4.78 is 15.5. The molecule has 1 aromatic heterocycles. The minimum atomic E-state index is -3.21. The number of aromatic nitrogens is 1.